The number of anilines is 1. The number of sulfonamides is 1. The summed E-state index contributed by atoms with van der Waals surface area (Å²) >= 11 is 0. The van der Waals surface area contributed by atoms with Crippen LogP contribution in [0.25, 0.3) is 10.8 Å². The maximum Gasteiger partial charge on any atom is 0.267 e. The normalized spacial score (nSPS) is 13.1. The second kappa shape index (κ2) is 7.26. The smallest absolute Gasteiger partial charge is 0.267 e. The Labute approximate surface area is 167 Å². The fraction of sp³-hybridized carbons (Fsp3) is 0.150. The molecule has 3 aromatic rings. The number of hydrazine groups is 1. The van der Waals surface area contributed by atoms with Crippen LogP contribution in [0.2, 0.25) is 0 Å². The van der Waals surface area contributed by atoms with Crippen LogP contribution >= 0.6 is 0 Å². The largest absolute Gasteiger partial charge is 0.308 e. The lowest BCUT2D eigenvalue weighted by molar-refractivity contribution is 0.0943. The van der Waals surface area contributed by atoms with Crippen molar-refractivity contribution in [3.05, 3.63) is 66.0 Å². The predicted molar refractivity (Wildman–Crippen MR) is 108 cm³/mol. The molecule has 0 aliphatic carbocycles. The second-order valence-corrected chi connectivity index (χ2v) is 8.22. The summed E-state index contributed by atoms with van der Waals surface area (Å²) in [5, 5.41) is 1.03. The summed E-state index contributed by atoms with van der Waals surface area (Å²) in [6.07, 6.45) is 3.62. The van der Waals surface area contributed by atoms with Crippen molar-refractivity contribution < 1.29 is 18.0 Å². The highest BCUT2D eigenvalue weighted by Crippen LogP contribution is 2.40. The van der Waals surface area contributed by atoms with Gasteiger partial charge in [-0.3, -0.25) is 20.0 Å². The Bertz CT molecular complexity index is 1230. The van der Waals surface area contributed by atoms with E-state index in [-0.39, 0.29) is 16.4 Å². The van der Waals surface area contributed by atoms with Crippen molar-refractivity contribution in [1.82, 2.24) is 15.2 Å². The molecule has 0 bridgehead atoms. The number of aromatic nitrogens is 1. The zero-order chi connectivity index (χ0) is 20.6. The fourth-order valence-corrected chi connectivity index (χ4v) is 4.48. The lowest BCUT2D eigenvalue weighted by Crippen LogP contribution is -2.41. The van der Waals surface area contributed by atoms with Crippen LogP contribution in [-0.2, 0) is 10.0 Å². The number of nitrogens with one attached hydrogen (secondary N) is 2. The number of hydrogen-bond acceptors (Lipinski definition) is 5. The zero-order valence-electron chi connectivity index (χ0n) is 15.5. The number of amides is 2. The summed E-state index contributed by atoms with van der Waals surface area (Å²) < 4.78 is 25.7. The number of hydrogen-bond donors (Lipinski definition) is 2. The number of carbonyl (C=O) groups is 2. The van der Waals surface area contributed by atoms with Crippen LogP contribution in [0.15, 0.2) is 59.8 Å². The first-order valence-corrected chi connectivity index (χ1v) is 10.5. The molecule has 8 nitrogen and oxygen atoms in total. The van der Waals surface area contributed by atoms with Crippen molar-refractivity contribution >= 4 is 38.3 Å². The van der Waals surface area contributed by atoms with Crippen molar-refractivity contribution in [2.75, 3.05) is 11.4 Å². The molecule has 4 rings (SSSR count). The van der Waals surface area contributed by atoms with Crippen LogP contribution in [0.4, 0.5) is 5.69 Å². The van der Waals surface area contributed by atoms with E-state index in [4.69, 9.17) is 0 Å². The molecule has 0 radical (unpaired) electrons. The molecule has 1 aliphatic heterocycles. The topological polar surface area (TPSA) is 108 Å². The quantitative estimate of drug-likeness (QED) is 0.606. The molecule has 2 heterocycles. The summed E-state index contributed by atoms with van der Waals surface area (Å²) in [7, 11) is -4.08. The highest BCUT2D eigenvalue weighted by atomic mass is 32.2. The van der Waals surface area contributed by atoms with Crippen LogP contribution in [0.5, 0.6) is 0 Å². The minimum atomic E-state index is -4.08. The first-order valence-electron chi connectivity index (χ1n) is 9.04. The molecule has 1 aliphatic rings. The van der Waals surface area contributed by atoms with Gasteiger partial charge in [-0.05, 0) is 36.8 Å². The number of rotatable bonds is 6. The van der Waals surface area contributed by atoms with Crippen molar-refractivity contribution in [1.29, 1.82) is 0 Å². The SMILES string of the molecule is CCCN1C(=O)c2cccc3c(S(=O)(=O)NNC(=O)c4cccnc4)ccc1c23. The Morgan fingerprint density at radius 2 is 1.97 bits per heavy atom. The van der Waals surface area contributed by atoms with Gasteiger partial charge in [0.15, 0.2) is 0 Å². The van der Waals surface area contributed by atoms with Crippen molar-refractivity contribution in [3.63, 3.8) is 0 Å². The molecule has 9 heteroatoms. The van der Waals surface area contributed by atoms with Crippen LogP contribution in [-0.4, -0.2) is 31.8 Å². The van der Waals surface area contributed by atoms with E-state index in [1.54, 1.807) is 35.2 Å². The van der Waals surface area contributed by atoms with Gasteiger partial charge in [0.2, 0.25) is 0 Å². The molecule has 0 atom stereocenters. The third-order valence-electron chi connectivity index (χ3n) is 4.70. The summed E-state index contributed by atoms with van der Waals surface area (Å²) in [6.45, 7) is 2.52. The second-order valence-electron chi connectivity index (χ2n) is 6.57. The van der Waals surface area contributed by atoms with Gasteiger partial charge in [-0.1, -0.05) is 19.1 Å². The zero-order valence-corrected chi connectivity index (χ0v) is 16.4. The summed E-state index contributed by atoms with van der Waals surface area (Å²) in [6, 6.07) is 11.2. The van der Waals surface area contributed by atoms with Crippen LogP contribution < -0.4 is 15.2 Å². The van der Waals surface area contributed by atoms with E-state index in [9.17, 15) is 18.0 Å². The third-order valence-corrected chi connectivity index (χ3v) is 6.01. The van der Waals surface area contributed by atoms with E-state index in [0.717, 1.165) is 6.42 Å². The van der Waals surface area contributed by atoms with Gasteiger partial charge in [0.25, 0.3) is 21.8 Å². The molecule has 0 saturated heterocycles. The molecule has 2 aromatic carbocycles. The lowest BCUT2D eigenvalue weighted by Gasteiger charge is -2.17. The van der Waals surface area contributed by atoms with Crippen molar-refractivity contribution in [2.24, 2.45) is 0 Å². The van der Waals surface area contributed by atoms with Crippen LogP contribution in [0.1, 0.15) is 34.1 Å². The van der Waals surface area contributed by atoms with Gasteiger partial charge >= 0.3 is 0 Å². The highest BCUT2D eigenvalue weighted by Gasteiger charge is 2.31. The van der Waals surface area contributed by atoms with E-state index in [1.807, 2.05) is 6.92 Å². The molecule has 0 unspecified atom stereocenters. The van der Waals surface area contributed by atoms with Gasteiger partial charge in [0.05, 0.1) is 16.1 Å². The molecular weight excluding hydrogens is 392 g/mol. The summed E-state index contributed by atoms with van der Waals surface area (Å²) in [4.78, 5) is 32.4. The first kappa shape index (κ1) is 19.0. The van der Waals surface area contributed by atoms with Gasteiger partial charge in [-0.2, -0.15) is 0 Å². The van der Waals surface area contributed by atoms with Gasteiger partial charge in [0.1, 0.15) is 0 Å². The fourth-order valence-electron chi connectivity index (χ4n) is 3.44. The van der Waals surface area contributed by atoms with Crippen LogP contribution in [0, 0.1) is 0 Å². The maximum absolute atomic E-state index is 12.9. The average molecular weight is 410 g/mol. The van der Waals surface area contributed by atoms with Gasteiger partial charge in [0, 0.05) is 35.3 Å². The van der Waals surface area contributed by atoms with Gasteiger partial charge < -0.3 is 4.90 Å². The first-order chi connectivity index (χ1) is 13.9. The minimum Gasteiger partial charge on any atom is -0.308 e. The van der Waals surface area contributed by atoms with E-state index in [0.29, 0.717) is 28.6 Å². The number of carbonyl (C=O) groups excluding carboxylic acids is 2. The standard InChI is InChI=1S/C20H18N4O4S/c1-2-11-24-16-8-9-17(14-6-3-7-15(18(14)16)20(24)26)29(27,28)23-22-19(25)13-5-4-10-21-12-13/h3-10,12,23H,2,11H2,1H3,(H,22,25). The Kier molecular flexibility index (Phi) is 4.77. The Morgan fingerprint density at radius 1 is 1.14 bits per heavy atom. The molecule has 0 fully saturated rings. The van der Waals surface area contributed by atoms with Gasteiger partial charge in [-0.25, -0.2) is 8.42 Å². The lowest BCUT2D eigenvalue weighted by atomic mass is 10.1. The monoisotopic (exact) mass is 410 g/mol. The summed E-state index contributed by atoms with van der Waals surface area (Å²) in [5.74, 6) is -0.767. The Balaban J connectivity index is 1.70. The number of benzene rings is 2. The number of nitrogens with zero attached hydrogens (tertiary/aromatic N) is 2. The van der Waals surface area contributed by atoms with E-state index in [1.165, 1.54) is 24.5 Å². The maximum atomic E-state index is 12.9. The van der Waals surface area contributed by atoms with Crippen molar-refractivity contribution in [2.45, 2.75) is 18.2 Å². The molecule has 29 heavy (non-hydrogen) atoms. The van der Waals surface area contributed by atoms with E-state index in [2.05, 4.69) is 15.2 Å². The van der Waals surface area contributed by atoms with Crippen LogP contribution in [0.3, 0.4) is 0 Å². The molecule has 148 valence electrons. The average Bonchev–Trinajstić information content (AvgIpc) is 3.01. The molecule has 2 N–H and O–H groups in total. The van der Waals surface area contributed by atoms with Crippen molar-refractivity contribution in [3.8, 4) is 0 Å². The predicted octanol–water partition coefficient (Wildman–Crippen LogP) is 2.23. The minimum absolute atomic E-state index is 0.0178. The molecule has 2 amide bonds. The van der Waals surface area contributed by atoms with E-state index >= 15 is 0 Å². The highest BCUT2D eigenvalue weighted by molar-refractivity contribution is 7.89. The Hall–Kier alpha value is -3.30. The molecule has 1 aromatic heterocycles. The molecular formula is C20H18N4O4S. The van der Waals surface area contributed by atoms with E-state index < -0.39 is 15.9 Å². The Morgan fingerprint density at radius 3 is 2.69 bits per heavy atom. The summed E-state index contributed by atoms with van der Waals surface area (Å²) in [5.41, 5.74) is 3.58. The third kappa shape index (κ3) is 3.24. The number of pyridine rings is 1. The van der Waals surface area contributed by atoms with Gasteiger partial charge in [-0.15, -0.1) is 4.83 Å². The molecule has 0 saturated carbocycles. The molecule has 0 spiro atoms.